The standard InChI is InChI=1S/C10H8BrClFNO/c11-10-7(13)2-1-3-8(10)14-5-6(12)4-9(14)15/h1-3,6H,4-5H2. The zero-order chi connectivity index (χ0) is 11.0. The quantitative estimate of drug-likeness (QED) is 0.729. The molecule has 0 N–H and O–H groups in total. The van der Waals surface area contributed by atoms with Crippen molar-refractivity contribution in [3.63, 3.8) is 0 Å². The molecule has 1 atom stereocenters. The van der Waals surface area contributed by atoms with E-state index in [2.05, 4.69) is 15.9 Å². The zero-order valence-corrected chi connectivity index (χ0v) is 10.1. The minimum absolute atomic E-state index is 0.0682. The Bertz CT molecular complexity index is 412. The van der Waals surface area contributed by atoms with Crippen molar-refractivity contribution in [3.8, 4) is 0 Å². The van der Waals surface area contributed by atoms with Crippen molar-refractivity contribution < 1.29 is 9.18 Å². The highest BCUT2D eigenvalue weighted by molar-refractivity contribution is 9.10. The van der Waals surface area contributed by atoms with E-state index in [1.54, 1.807) is 12.1 Å². The molecule has 2 rings (SSSR count). The van der Waals surface area contributed by atoms with Crippen LogP contribution in [0.2, 0.25) is 0 Å². The lowest BCUT2D eigenvalue weighted by Crippen LogP contribution is -2.25. The fourth-order valence-electron chi connectivity index (χ4n) is 1.60. The van der Waals surface area contributed by atoms with Crippen LogP contribution in [0.25, 0.3) is 0 Å². The van der Waals surface area contributed by atoms with Crippen molar-refractivity contribution in [2.24, 2.45) is 0 Å². The summed E-state index contributed by atoms with van der Waals surface area (Å²) in [5, 5.41) is -0.187. The molecule has 0 aromatic heterocycles. The molecule has 0 aliphatic carbocycles. The second kappa shape index (κ2) is 4.10. The molecular formula is C10H8BrClFNO. The average Bonchev–Trinajstić information content (AvgIpc) is 2.50. The van der Waals surface area contributed by atoms with Crippen LogP contribution in [0.4, 0.5) is 10.1 Å². The third-order valence-electron chi connectivity index (χ3n) is 2.30. The number of carbonyl (C=O) groups is 1. The van der Waals surface area contributed by atoms with Gasteiger partial charge in [0.25, 0.3) is 0 Å². The molecule has 5 heteroatoms. The van der Waals surface area contributed by atoms with Crippen molar-refractivity contribution in [2.75, 3.05) is 11.4 Å². The van der Waals surface area contributed by atoms with Crippen molar-refractivity contribution in [1.29, 1.82) is 0 Å². The first kappa shape index (κ1) is 10.9. The number of anilines is 1. The van der Waals surface area contributed by atoms with Crippen LogP contribution < -0.4 is 4.90 Å². The van der Waals surface area contributed by atoms with Gasteiger partial charge in [-0.15, -0.1) is 11.6 Å². The zero-order valence-electron chi connectivity index (χ0n) is 7.71. The van der Waals surface area contributed by atoms with E-state index in [-0.39, 0.29) is 17.1 Å². The first-order chi connectivity index (χ1) is 7.09. The van der Waals surface area contributed by atoms with Gasteiger partial charge in [-0.2, -0.15) is 0 Å². The summed E-state index contributed by atoms with van der Waals surface area (Å²) >= 11 is 9.00. The van der Waals surface area contributed by atoms with Gasteiger partial charge in [-0.05, 0) is 28.1 Å². The number of nitrogens with zero attached hydrogens (tertiary/aromatic N) is 1. The Hall–Kier alpha value is -0.610. The lowest BCUT2D eigenvalue weighted by atomic mass is 10.3. The second-order valence-corrected chi connectivity index (χ2v) is 4.79. The Morgan fingerprint density at radius 2 is 2.27 bits per heavy atom. The Morgan fingerprint density at radius 3 is 2.87 bits per heavy atom. The highest BCUT2D eigenvalue weighted by atomic mass is 79.9. The molecular weight excluding hydrogens is 284 g/mol. The van der Waals surface area contributed by atoms with E-state index in [4.69, 9.17) is 11.6 Å². The third-order valence-corrected chi connectivity index (χ3v) is 3.38. The van der Waals surface area contributed by atoms with Gasteiger partial charge in [0.15, 0.2) is 0 Å². The molecule has 15 heavy (non-hydrogen) atoms. The number of carbonyl (C=O) groups excluding carboxylic acids is 1. The number of halogens is 3. The van der Waals surface area contributed by atoms with Gasteiger partial charge in [0.05, 0.1) is 15.5 Å². The SMILES string of the molecule is O=C1CC(Cl)CN1c1cccc(F)c1Br. The van der Waals surface area contributed by atoms with E-state index in [0.29, 0.717) is 23.1 Å². The van der Waals surface area contributed by atoms with Crippen LogP contribution in [0.3, 0.4) is 0 Å². The van der Waals surface area contributed by atoms with E-state index in [0.717, 1.165) is 0 Å². The molecule has 1 amide bonds. The van der Waals surface area contributed by atoms with Crippen LogP contribution in [0.15, 0.2) is 22.7 Å². The van der Waals surface area contributed by atoms with Gasteiger partial charge in [0.1, 0.15) is 5.82 Å². The molecule has 1 aliphatic heterocycles. The topological polar surface area (TPSA) is 20.3 Å². The van der Waals surface area contributed by atoms with Crippen molar-refractivity contribution in [3.05, 3.63) is 28.5 Å². The molecule has 1 unspecified atom stereocenters. The van der Waals surface area contributed by atoms with Crippen molar-refractivity contribution in [2.45, 2.75) is 11.8 Å². The predicted molar refractivity (Wildman–Crippen MR) is 60.7 cm³/mol. The molecule has 1 saturated heterocycles. The number of alkyl halides is 1. The van der Waals surface area contributed by atoms with Crippen LogP contribution in [0.5, 0.6) is 0 Å². The Kier molecular flexibility index (Phi) is 2.98. The van der Waals surface area contributed by atoms with Crippen LogP contribution in [-0.2, 0) is 4.79 Å². The van der Waals surface area contributed by atoms with E-state index in [1.807, 2.05) is 0 Å². The fraction of sp³-hybridized carbons (Fsp3) is 0.300. The van der Waals surface area contributed by atoms with Gasteiger partial charge in [0, 0.05) is 13.0 Å². The van der Waals surface area contributed by atoms with E-state index < -0.39 is 0 Å². The summed E-state index contributed by atoms with van der Waals surface area (Å²) in [6, 6.07) is 4.61. The van der Waals surface area contributed by atoms with Crippen LogP contribution in [0, 0.1) is 5.82 Å². The third kappa shape index (κ3) is 2.01. The molecule has 0 radical (unpaired) electrons. The molecule has 1 aromatic rings. The Labute approximate surface area is 100 Å². The van der Waals surface area contributed by atoms with E-state index >= 15 is 0 Å². The Morgan fingerprint density at radius 1 is 1.53 bits per heavy atom. The monoisotopic (exact) mass is 291 g/mol. The molecule has 0 spiro atoms. The maximum absolute atomic E-state index is 13.2. The van der Waals surface area contributed by atoms with Gasteiger partial charge in [-0.25, -0.2) is 4.39 Å². The molecule has 1 fully saturated rings. The molecule has 1 aromatic carbocycles. The molecule has 80 valence electrons. The van der Waals surface area contributed by atoms with Gasteiger partial charge in [0.2, 0.25) is 5.91 Å². The summed E-state index contributed by atoms with van der Waals surface area (Å²) in [7, 11) is 0. The van der Waals surface area contributed by atoms with Crippen LogP contribution >= 0.6 is 27.5 Å². The Balaban J connectivity index is 2.38. The molecule has 1 aliphatic rings. The first-order valence-corrected chi connectivity index (χ1v) is 5.71. The number of hydrogen-bond acceptors (Lipinski definition) is 1. The molecule has 2 nitrogen and oxygen atoms in total. The largest absolute Gasteiger partial charge is 0.310 e. The molecule has 0 bridgehead atoms. The highest BCUT2D eigenvalue weighted by Gasteiger charge is 2.30. The molecule has 1 heterocycles. The van der Waals surface area contributed by atoms with E-state index in [1.165, 1.54) is 11.0 Å². The van der Waals surface area contributed by atoms with Crippen LogP contribution in [-0.4, -0.2) is 17.8 Å². The van der Waals surface area contributed by atoms with Gasteiger partial charge in [-0.3, -0.25) is 4.79 Å². The summed E-state index contributed by atoms with van der Waals surface area (Å²) in [4.78, 5) is 13.1. The predicted octanol–water partition coefficient (Wildman–Crippen LogP) is 2.93. The minimum atomic E-state index is -0.377. The minimum Gasteiger partial charge on any atom is -0.310 e. The highest BCUT2D eigenvalue weighted by Crippen LogP contribution is 2.32. The summed E-state index contributed by atoms with van der Waals surface area (Å²) < 4.78 is 13.5. The fourth-order valence-corrected chi connectivity index (χ4v) is 2.35. The lowest BCUT2D eigenvalue weighted by molar-refractivity contribution is -0.117. The van der Waals surface area contributed by atoms with Gasteiger partial charge in [-0.1, -0.05) is 6.07 Å². The number of benzene rings is 1. The smallest absolute Gasteiger partial charge is 0.228 e. The summed E-state index contributed by atoms with van der Waals surface area (Å²) in [5.74, 6) is -0.445. The maximum Gasteiger partial charge on any atom is 0.228 e. The number of amides is 1. The summed E-state index contributed by atoms with van der Waals surface area (Å²) in [6.07, 6.45) is 0.310. The van der Waals surface area contributed by atoms with Crippen molar-refractivity contribution in [1.82, 2.24) is 0 Å². The van der Waals surface area contributed by atoms with Crippen molar-refractivity contribution >= 4 is 39.1 Å². The molecule has 0 saturated carbocycles. The summed E-state index contributed by atoms with van der Waals surface area (Å²) in [5.41, 5.74) is 0.545. The normalized spacial score (nSPS) is 21.1. The maximum atomic E-state index is 13.2. The second-order valence-electron chi connectivity index (χ2n) is 3.38. The number of rotatable bonds is 1. The van der Waals surface area contributed by atoms with Gasteiger partial charge >= 0.3 is 0 Å². The number of hydrogen-bond donors (Lipinski definition) is 0. The average molecular weight is 293 g/mol. The van der Waals surface area contributed by atoms with Crippen LogP contribution in [0.1, 0.15) is 6.42 Å². The first-order valence-electron chi connectivity index (χ1n) is 4.48. The lowest BCUT2D eigenvalue weighted by Gasteiger charge is -2.17. The summed E-state index contributed by atoms with van der Waals surface area (Å²) in [6.45, 7) is 0.433. The van der Waals surface area contributed by atoms with E-state index in [9.17, 15) is 9.18 Å². The van der Waals surface area contributed by atoms with Gasteiger partial charge < -0.3 is 4.90 Å².